The first-order chi connectivity index (χ1) is 11.8. The van der Waals surface area contributed by atoms with E-state index in [0.717, 1.165) is 11.1 Å². The summed E-state index contributed by atoms with van der Waals surface area (Å²) >= 11 is 4.81. The van der Waals surface area contributed by atoms with Crippen molar-refractivity contribution in [1.29, 1.82) is 0 Å². The topological polar surface area (TPSA) is 55.8 Å². The molecule has 0 radical (unpaired) electrons. The van der Waals surface area contributed by atoms with Crippen molar-refractivity contribution < 1.29 is 27.5 Å². The maximum atomic E-state index is 12.4. The van der Waals surface area contributed by atoms with Crippen molar-refractivity contribution in [3.8, 4) is 5.75 Å². The highest BCUT2D eigenvalue weighted by atomic mass is 79.9. The molecular weight excluding hydrogens is 437 g/mol. The molecule has 2 aromatic rings. The number of alkyl halides is 2. The highest BCUT2D eigenvalue weighted by Crippen LogP contribution is 2.50. The lowest BCUT2D eigenvalue weighted by Gasteiger charge is -2.14. The Morgan fingerprint density at radius 3 is 2.32 bits per heavy atom. The molecule has 0 amide bonds. The van der Waals surface area contributed by atoms with E-state index >= 15 is 0 Å². The molecule has 1 N–H and O–H groups in total. The molecule has 4 nitrogen and oxygen atoms in total. The van der Waals surface area contributed by atoms with Crippen molar-refractivity contribution in [3.05, 3.63) is 58.1 Å². The van der Waals surface area contributed by atoms with Gasteiger partial charge in [-0.3, -0.25) is 0 Å². The molecule has 0 aliphatic rings. The van der Waals surface area contributed by atoms with Gasteiger partial charge in [0.25, 0.3) is 0 Å². The smallest absolute Gasteiger partial charge is 0.420 e. The van der Waals surface area contributed by atoms with Crippen LogP contribution in [-0.2, 0) is 22.5 Å². The second kappa shape index (κ2) is 9.14. The summed E-state index contributed by atoms with van der Waals surface area (Å²) in [4.78, 5) is 10.3. The zero-order chi connectivity index (χ0) is 18.4. The molecule has 136 valence electrons. The average Bonchev–Trinajstić information content (AvgIpc) is 2.57. The number of ether oxygens (including phenoxy) is 1. The highest BCUT2D eigenvalue weighted by Gasteiger charge is 2.34. The minimum absolute atomic E-state index is 0.123. The molecular formula is C16H16BrF2O4PS. The predicted octanol–water partition coefficient (Wildman–Crippen LogP) is 5.67. The van der Waals surface area contributed by atoms with Gasteiger partial charge < -0.3 is 14.2 Å². The lowest BCUT2D eigenvalue weighted by atomic mass is 10.2. The van der Waals surface area contributed by atoms with Crippen LogP contribution in [0.15, 0.2) is 51.8 Å². The second-order valence-corrected chi connectivity index (χ2v) is 8.47. The van der Waals surface area contributed by atoms with Crippen LogP contribution in [-0.4, -0.2) is 17.3 Å². The Labute approximate surface area is 157 Å². The van der Waals surface area contributed by atoms with E-state index in [1.807, 2.05) is 30.5 Å². The van der Waals surface area contributed by atoms with Crippen molar-refractivity contribution in [2.75, 3.05) is 6.26 Å². The van der Waals surface area contributed by atoms with Gasteiger partial charge in [-0.1, -0.05) is 18.2 Å². The second-order valence-electron chi connectivity index (χ2n) is 5.04. The van der Waals surface area contributed by atoms with Gasteiger partial charge in [-0.05, 0) is 57.6 Å². The van der Waals surface area contributed by atoms with Crippen molar-refractivity contribution in [3.63, 3.8) is 0 Å². The fourth-order valence-corrected chi connectivity index (χ4v) is 3.46. The number of halogens is 3. The van der Waals surface area contributed by atoms with Crippen LogP contribution in [0.2, 0.25) is 0 Å². The van der Waals surface area contributed by atoms with Gasteiger partial charge in [0.2, 0.25) is 0 Å². The molecule has 0 saturated carbocycles. The molecule has 0 spiro atoms. The molecule has 9 heteroatoms. The Balaban J connectivity index is 1.92. The lowest BCUT2D eigenvalue weighted by Crippen LogP contribution is -2.02. The zero-order valence-electron chi connectivity index (χ0n) is 13.2. The molecule has 0 aliphatic carbocycles. The summed E-state index contributed by atoms with van der Waals surface area (Å²) in [5.74, 6) is -0.123. The summed E-state index contributed by atoms with van der Waals surface area (Å²) < 4.78 is 46.5. The van der Waals surface area contributed by atoms with Crippen LogP contribution in [0.1, 0.15) is 11.1 Å². The van der Waals surface area contributed by atoms with E-state index in [-0.39, 0.29) is 5.75 Å². The Kier molecular flexibility index (Phi) is 7.46. The van der Waals surface area contributed by atoms with Gasteiger partial charge in [0, 0.05) is 4.90 Å². The fourth-order valence-electron chi connectivity index (χ4n) is 1.90. The van der Waals surface area contributed by atoms with E-state index in [2.05, 4.69) is 20.5 Å². The van der Waals surface area contributed by atoms with Crippen LogP contribution in [0.25, 0.3) is 0 Å². The normalized spacial score (nSPS) is 13.7. The van der Waals surface area contributed by atoms with Gasteiger partial charge in [-0.25, -0.2) is 4.57 Å². The zero-order valence-corrected chi connectivity index (χ0v) is 16.5. The standard InChI is InChI=1S/C16H16BrF2O4PS/c1-25-13-5-2-11(3-6-13)9-22-10-12-4-7-15(14(17)8-12)23-24(20,21)16(18)19/h2-8,16H,9-10H2,1H3,(H,20,21). The largest absolute Gasteiger partial charge is 0.442 e. The minimum atomic E-state index is -4.99. The first-order valence-electron chi connectivity index (χ1n) is 7.11. The fraction of sp³-hybridized carbons (Fsp3) is 0.250. The molecule has 0 bridgehead atoms. The summed E-state index contributed by atoms with van der Waals surface area (Å²) in [5, 5.41) is 0. The number of rotatable bonds is 8. The third kappa shape index (κ3) is 6.08. The Hall–Kier alpha value is -0.920. The third-order valence-electron chi connectivity index (χ3n) is 3.17. The minimum Gasteiger partial charge on any atom is -0.420 e. The van der Waals surface area contributed by atoms with E-state index in [1.165, 1.54) is 11.0 Å². The first-order valence-corrected chi connectivity index (χ1v) is 10.8. The molecule has 0 aliphatic heterocycles. The molecule has 0 aromatic heterocycles. The monoisotopic (exact) mass is 452 g/mol. The SMILES string of the molecule is CSc1ccc(COCc2ccc(OP(=O)(O)C(F)F)c(Br)c2)cc1. The maximum absolute atomic E-state index is 12.4. The van der Waals surface area contributed by atoms with Gasteiger partial charge in [0.05, 0.1) is 17.7 Å². The molecule has 0 saturated heterocycles. The van der Waals surface area contributed by atoms with E-state index in [0.29, 0.717) is 17.7 Å². The number of thioether (sulfide) groups is 1. The summed E-state index contributed by atoms with van der Waals surface area (Å²) in [7, 11) is -4.99. The van der Waals surface area contributed by atoms with E-state index < -0.39 is 13.8 Å². The van der Waals surface area contributed by atoms with Gasteiger partial charge in [0.1, 0.15) is 5.75 Å². The van der Waals surface area contributed by atoms with Gasteiger partial charge in [-0.2, -0.15) is 8.78 Å². The van der Waals surface area contributed by atoms with Crippen molar-refractivity contribution >= 4 is 35.3 Å². The van der Waals surface area contributed by atoms with Crippen LogP contribution in [0.4, 0.5) is 8.78 Å². The molecule has 0 fully saturated rings. The van der Waals surface area contributed by atoms with E-state index in [4.69, 9.17) is 9.63 Å². The van der Waals surface area contributed by atoms with E-state index in [9.17, 15) is 13.3 Å². The molecule has 0 heterocycles. The van der Waals surface area contributed by atoms with Crippen LogP contribution >= 0.6 is 35.3 Å². The Morgan fingerprint density at radius 2 is 1.76 bits per heavy atom. The van der Waals surface area contributed by atoms with Gasteiger partial charge >= 0.3 is 13.8 Å². The molecule has 2 aromatic carbocycles. The number of benzene rings is 2. The van der Waals surface area contributed by atoms with Crippen molar-refractivity contribution in [1.82, 2.24) is 0 Å². The summed E-state index contributed by atoms with van der Waals surface area (Å²) in [6, 6.07) is 12.5. The molecule has 25 heavy (non-hydrogen) atoms. The van der Waals surface area contributed by atoms with Crippen LogP contribution in [0.5, 0.6) is 5.75 Å². The lowest BCUT2D eigenvalue weighted by molar-refractivity contribution is 0.107. The van der Waals surface area contributed by atoms with Crippen LogP contribution in [0.3, 0.4) is 0 Å². The van der Waals surface area contributed by atoms with Crippen molar-refractivity contribution in [2.24, 2.45) is 0 Å². The number of hydrogen-bond donors (Lipinski definition) is 1. The third-order valence-corrected chi connectivity index (χ3v) is 5.48. The quantitative estimate of drug-likeness (QED) is 0.412. The summed E-state index contributed by atoms with van der Waals surface area (Å²) in [6.07, 6.45) is -1.45. The van der Waals surface area contributed by atoms with E-state index in [1.54, 1.807) is 23.9 Å². The summed E-state index contributed by atoms with van der Waals surface area (Å²) in [5.41, 5.74) is 1.81. The maximum Gasteiger partial charge on any atom is 0.442 e. The molecule has 1 atom stereocenters. The predicted molar refractivity (Wildman–Crippen MR) is 97.3 cm³/mol. The van der Waals surface area contributed by atoms with Gasteiger partial charge in [-0.15, -0.1) is 11.8 Å². The average molecular weight is 453 g/mol. The Bertz CT molecular complexity index is 758. The first kappa shape index (κ1) is 20.4. The summed E-state index contributed by atoms with van der Waals surface area (Å²) in [6.45, 7) is 0.733. The number of hydrogen-bond acceptors (Lipinski definition) is 4. The van der Waals surface area contributed by atoms with Crippen LogP contribution in [0, 0.1) is 0 Å². The van der Waals surface area contributed by atoms with Crippen molar-refractivity contribution in [2.45, 2.75) is 24.3 Å². The molecule has 1 unspecified atom stereocenters. The highest BCUT2D eigenvalue weighted by molar-refractivity contribution is 9.10. The van der Waals surface area contributed by atoms with Gasteiger partial charge in [0.15, 0.2) is 0 Å². The Morgan fingerprint density at radius 1 is 1.16 bits per heavy atom. The van der Waals surface area contributed by atoms with Crippen LogP contribution < -0.4 is 4.52 Å². The molecule has 2 rings (SSSR count).